The van der Waals surface area contributed by atoms with Crippen molar-refractivity contribution >= 4 is 5.91 Å². The maximum atomic E-state index is 13.2. The third-order valence-corrected chi connectivity index (χ3v) is 3.47. The molecule has 0 radical (unpaired) electrons. The standard InChI is InChI=1S/C16H18FNO2/c17-13-8-9-15(12(11-13)5-4-10-19)16(20)18-14-6-2-1-3-7-14/h8-9,11,14,19H,1-3,6-7,10H2,(H,18,20). The molecule has 0 bridgehead atoms. The molecular formula is C16H18FNO2. The van der Waals surface area contributed by atoms with E-state index in [1.54, 1.807) is 0 Å². The molecule has 1 aromatic rings. The second kappa shape index (κ2) is 7.06. The van der Waals surface area contributed by atoms with Crippen LogP contribution < -0.4 is 5.32 Å². The van der Waals surface area contributed by atoms with Gasteiger partial charge in [0.2, 0.25) is 0 Å². The molecule has 0 saturated heterocycles. The molecule has 1 amide bonds. The normalized spacial score (nSPS) is 15.3. The summed E-state index contributed by atoms with van der Waals surface area (Å²) in [5.74, 6) is 4.40. The summed E-state index contributed by atoms with van der Waals surface area (Å²) in [5.41, 5.74) is 0.672. The minimum atomic E-state index is -0.443. The molecule has 1 saturated carbocycles. The Kier molecular flexibility index (Phi) is 5.14. The lowest BCUT2D eigenvalue weighted by Crippen LogP contribution is -2.36. The van der Waals surface area contributed by atoms with Crippen LogP contribution >= 0.6 is 0 Å². The molecule has 2 N–H and O–H groups in total. The molecular weight excluding hydrogens is 257 g/mol. The molecule has 0 spiro atoms. The lowest BCUT2D eigenvalue weighted by molar-refractivity contribution is 0.0927. The maximum Gasteiger partial charge on any atom is 0.252 e. The second-order valence-corrected chi connectivity index (χ2v) is 4.96. The van der Waals surface area contributed by atoms with E-state index in [1.807, 2.05) is 0 Å². The summed E-state index contributed by atoms with van der Waals surface area (Å²) in [4.78, 5) is 12.2. The molecule has 1 aliphatic carbocycles. The molecule has 1 aromatic carbocycles. The van der Waals surface area contributed by atoms with E-state index < -0.39 is 5.82 Å². The molecule has 0 unspecified atom stereocenters. The third kappa shape index (κ3) is 3.82. The highest BCUT2D eigenvalue weighted by molar-refractivity contribution is 5.96. The summed E-state index contributed by atoms with van der Waals surface area (Å²) in [5, 5.41) is 11.7. The smallest absolute Gasteiger partial charge is 0.252 e. The van der Waals surface area contributed by atoms with E-state index in [0.717, 1.165) is 25.7 Å². The number of carbonyl (C=O) groups excluding carboxylic acids is 1. The molecule has 2 rings (SSSR count). The van der Waals surface area contributed by atoms with E-state index in [1.165, 1.54) is 24.6 Å². The van der Waals surface area contributed by atoms with Crippen molar-refractivity contribution in [1.29, 1.82) is 0 Å². The molecule has 0 aliphatic heterocycles. The van der Waals surface area contributed by atoms with Gasteiger partial charge < -0.3 is 10.4 Å². The fourth-order valence-corrected chi connectivity index (χ4v) is 2.46. The molecule has 4 heteroatoms. The van der Waals surface area contributed by atoms with Crippen molar-refractivity contribution in [3.05, 3.63) is 35.1 Å². The topological polar surface area (TPSA) is 49.3 Å². The number of nitrogens with one attached hydrogen (secondary N) is 1. The highest BCUT2D eigenvalue weighted by Gasteiger charge is 2.18. The van der Waals surface area contributed by atoms with Gasteiger partial charge >= 0.3 is 0 Å². The zero-order valence-corrected chi connectivity index (χ0v) is 11.3. The van der Waals surface area contributed by atoms with Crippen LogP contribution in [0.25, 0.3) is 0 Å². The van der Waals surface area contributed by atoms with Crippen molar-refractivity contribution < 1.29 is 14.3 Å². The second-order valence-electron chi connectivity index (χ2n) is 4.96. The molecule has 0 atom stereocenters. The Morgan fingerprint density at radius 3 is 2.80 bits per heavy atom. The average molecular weight is 275 g/mol. The minimum absolute atomic E-state index is 0.194. The van der Waals surface area contributed by atoms with Crippen molar-refractivity contribution in [2.75, 3.05) is 6.61 Å². The quantitative estimate of drug-likeness (QED) is 0.813. The van der Waals surface area contributed by atoms with Crippen LogP contribution in [-0.4, -0.2) is 23.7 Å². The number of carbonyl (C=O) groups is 1. The van der Waals surface area contributed by atoms with E-state index in [9.17, 15) is 9.18 Å². The first kappa shape index (κ1) is 14.5. The van der Waals surface area contributed by atoms with Gasteiger partial charge in [-0.15, -0.1) is 0 Å². The van der Waals surface area contributed by atoms with Crippen LogP contribution in [0.15, 0.2) is 18.2 Å². The highest BCUT2D eigenvalue weighted by Crippen LogP contribution is 2.18. The highest BCUT2D eigenvalue weighted by atomic mass is 19.1. The lowest BCUT2D eigenvalue weighted by atomic mass is 9.95. The number of aliphatic hydroxyl groups is 1. The van der Waals surface area contributed by atoms with Gasteiger partial charge in [0.1, 0.15) is 12.4 Å². The lowest BCUT2D eigenvalue weighted by Gasteiger charge is -2.23. The number of halogens is 1. The Labute approximate surface area is 118 Å². The molecule has 106 valence electrons. The van der Waals surface area contributed by atoms with Gasteiger partial charge in [0.05, 0.1) is 5.56 Å². The average Bonchev–Trinajstić information content (AvgIpc) is 2.46. The Morgan fingerprint density at radius 2 is 2.10 bits per heavy atom. The number of hydrogen-bond donors (Lipinski definition) is 2. The van der Waals surface area contributed by atoms with Crippen molar-refractivity contribution in [2.45, 2.75) is 38.1 Å². The zero-order chi connectivity index (χ0) is 14.4. The number of amides is 1. The third-order valence-electron chi connectivity index (χ3n) is 3.47. The van der Waals surface area contributed by atoms with Crippen molar-refractivity contribution in [3.63, 3.8) is 0 Å². The van der Waals surface area contributed by atoms with E-state index >= 15 is 0 Å². The van der Waals surface area contributed by atoms with Crippen LogP contribution in [0.4, 0.5) is 4.39 Å². The summed E-state index contributed by atoms with van der Waals surface area (Å²) in [7, 11) is 0. The number of rotatable bonds is 2. The maximum absolute atomic E-state index is 13.2. The summed E-state index contributed by atoms with van der Waals surface area (Å²) in [6.07, 6.45) is 5.46. The zero-order valence-electron chi connectivity index (χ0n) is 11.3. The van der Waals surface area contributed by atoms with Gasteiger partial charge in [-0.05, 0) is 31.0 Å². The molecule has 1 fully saturated rings. The van der Waals surface area contributed by atoms with Gasteiger partial charge in [-0.1, -0.05) is 31.1 Å². The van der Waals surface area contributed by atoms with E-state index in [0.29, 0.717) is 11.1 Å². The summed E-state index contributed by atoms with van der Waals surface area (Å²) in [6, 6.07) is 4.10. The Morgan fingerprint density at radius 1 is 1.35 bits per heavy atom. The Hall–Kier alpha value is -1.86. The fourth-order valence-electron chi connectivity index (χ4n) is 2.46. The van der Waals surface area contributed by atoms with Crippen LogP contribution in [0.2, 0.25) is 0 Å². The van der Waals surface area contributed by atoms with Gasteiger partial charge in [-0.25, -0.2) is 4.39 Å². The molecule has 20 heavy (non-hydrogen) atoms. The van der Waals surface area contributed by atoms with Gasteiger partial charge in [0.15, 0.2) is 0 Å². The minimum Gasteiger partial charge on any atom is -0.384 e. The van der Waals surface area contributed by atoms with Gasteiger partial charge in [0, 0.05) is 11.6 Å². The molecule has 0 aromatic heterocycles. The SMILES string of the molecule is O=C(NC1CCCCC1)c1ccc(F)cc1C#CCO. The summed E-state index contributed by atoms with van der Waals surface area (Å²) < 4.78 is 13.2. The largest absolute Gasteiger partial charge is 0.384 e. The Bertz CT molecular complexity index is 539. The summed E-state index contributed by atoms with van der Waals surface area (Å²) >= 11 is 0. The van der Waals surface area contributed by atoms with Gasteiger partial charge in [0.25, 0.3) is 5.91 Å². The molecule has 1 aliphatic rings. The molecule has 3 nitrogen and oxygen atoms in total. The van der Waals surface area contributed by atoms with E-state index in [4.69, 9.17) is 5.11 Å². The van der Waals surface area contributed by atoms with Crippen LogP contribution in [0.1, 0.15) is 48.0 Å². The molecule has 0 heterocycles. The van der Waals surface area contributed by atoms with Crippen LogP contribution in [-0.2, 0) is 0 Å². The Balaban J connectivity index is 2.15. The summed E-state index contributed by atoms with van der Waals surface area (Å²) in [6.45, 7) is -0.319. The van der Waals surface area contributed by atoms with Gasteiger partial charge in [-0.3, -0.25) is 4.79 Å². The number of aliphatic hydroxyl groups excluding tert-OH is 1. The predicted molar refractivity (Wildman–Crippen MR) is 74.7 cm³/mol. The monoisotopic (exact) mass is 275 g/mol. The fraction of sp³-hybridized carbons (Fsp3) is 0.438. The van der Waals surface area contributed by atoms with Crippen LogP contribution in [0.3, 0.4) is 0 Å². The first-order chi connectivity index (χ1) is 9.70. The number of hydrogen-bond acceptors (Lipinski definition) is 2. The van der Waals surface area contributed by atoms with E-state index in [2.05, 4.69) is 17.2 Å². The first-order valence-corrected chi connectivity index (χ1v) is 6.91. The first-order valence-electron chi connectivity index (χ1n) is 6.91. The van der Waals surface area contributed by atoms with Crippen molar-refractivity contribution in [2.24, 2.45) is 0 Å². The van der Waals surface area contributed by atoms with Crippen molar-refractivity contribution in [1.82, 2.24) is 5.32 Å². The van der Waals surface area contributed by atoms with Gasteiger partial charge in [-0.2, -0.15) is 0 Å². The van der Waals surface area contributed by atoms with Crippen LogP contribution in [0, 0.1) is 17.7 Å². The number of benzene rings is 1. The van der Waals surface area contributed by atoms with E-state index in [-0.39, 0.29) is 18.6 Å². The van der Waals surface area contributed by atoms with Crippen LogP contribution in [0.5, 0.6) is 0 Å². The van der Waals surface area contributed by atoms with Crippen molar-refractivity contribution in [3.8, 4) is 11.8 Å². The predicted octanol–water partition coefficient (Wildman–Crippen LogP) is 2.23.